The third kappa shape index (κ3) is 3.65. The van der Waals surface area contributed by atoms with Crippen LogP contribution in [0.5, 0.6) is 11.5 Å². The number of carbonyl (C=O) groups excluding carboxylic acids is 1. The van der Waals surface area contributed by atoms with Crippen molar-refractivity contribution in [2.24, 2.45) is 0 Å². The molecule has 0 fully saturated rings. The number of nitrogens with zero attached hydrogens (tertiary/aromatic N) is 1. The maximum atomic E-state index is 12.8. The van der Waals surface area contributed by atoms with Crippen molar-refractivity contribution in [2.45, 2.75) is 19.9 Å². The smallest absolute Gasteiger partial charge is 0.257 e. The number of carbonyl (C=O) groups is 1. The Hall–Kier alpha value is -2.49. The van der Waals surface area contributed by atoms with E-state index in [1.165, 1.54) is 5.56 Å². The lowest BCUT2D eigenvalue weighted by atomic mass is 10.0. The number of ether oxygens (including phenoxy) is 2. The molecule has 0 saturated carbocycles. The standard InChI is InChI=1S/C19H23NO3/c1-13-6-8-15(9-7-13)14(2)20(3)19(21)17-11-10-16(22-4)12-18(17)23-5/h6-12,14H,1-5H3. The second-order valence-electron chi connectivity index (χ2n) is 5.57. The minimum atomic E-state index is -0.0856. The van der Waals surface area contributed by atoms with Crippen LogP contribution >= 0.6 is 0 Å². The summed E-state index contributed by atoms with van der Waals surface area (Å²) in [6, 6.07) is 13.4. The topological polar surface area (TPSA) is 38.8 Å². The Balaban J connectivity index is 2.27. The molecule has 0 bridgehead atoms. The van der Waals surface area contributed by atoms with Crippen molar-refractivity contribution >= 4 is 5.91 Å². The number of aryl methyl sites for hydroxylation is 1. The summed E-state index contributed by atoms with van der Waals surface area (Å²) in [7, 11) is 4.94. The normalized spacial score (nSPS) is 11.7. The summed E-state index contributed by atoms with van der Waals surface area (Å²) in [4.78, 5) is 14.5. The van der Waals surface area contributed by atoms with Crippen LogP contribution in [0.3, 0.4) is 0 Å². The molecule has 0 aliphatic rings. The predicted octanol–water partition coefficient (Wildman–Crippen LogP) is 3.85. The van der Waals surface area contributed by atoms with Gasteiger partial charge in [-0.05, 0) is 31.5 Å². The van der Waals surface area contributed by atoms with Crippen molar-refractivity contribution in [2.75, 3.05) is 21.3 Å². The third-order valence-electron chi connectivity index (χ3n) is 4.10. The van der Waals surface area contributed by atoms with Crippen LogP contribution in [0.1, 0.15) is 34.5 Å². The van der Waals surface area contributed by atoms with E-state index in [1.807, 2.05) is 13.8 Å². The lowest BCUT2D eigenvalue weighted by Gasteiger charge is -2.26. The predicted molar refractivity (Wildman–Crippen MR) is 91.2 cm³/mol. The monoisotopic (exact) mass is 313 g/mol. The molecule has 2 aromatic carbocycles. The molecule has 0 heterocycles. The minimum absolute atomic E-state index is 0.0325. The minimum Gasteiger partial charge on any atom is -0.497 e. The Morgan fingerprint density at radius 2 is 1.70 bits per heavy atom. The van der Waals surface area contributed by atoms with Crippen molar-refractivity contribution in [3.63, 3.8) is 0 Å². The summed E-state index contributed by atoms with van der Waals surface area (Å²) < 4.78 is 10.5. The van der Waals surface area contributed by atoms with Crippen LogP contribution < -0.4 is 9.47 Å². The highest BCUT2D eigenvalue weighted by Gasteiger charge is 2.22. The van der Waals surface area contributed by atoms with Gasteiger partial charge in [-0.2, -0.15) is 0 Å². The van der Waals surface area contributed by atoms with E-state index in [2.05, 4.69) is 24.3 Å². The molecule has 0 saturated heterocycles. The van der Waals surface area contributed by atoms with Crippen molar-refractivity contribution in [3.8, 4) is 11.5 Å². The van der Waals surface area contributed by atoms with Gasteiger partial charge in [0.25, 0.3) is 5.91 Å². The first-order valence-corrected chi connectivity index (χ1v) is 7.53. The van der Waals surface area contributed by atoms with Crippen molar-refractivity contribution in [1.29, 1.82) is 0 Å². The van der Waals surface area contributed by atoms with Gasteiger partial charge in [-0.3, -0.25) is 4.79 Å². The number of hydrogen-bond acceptors (Lipinski definition) is 3. The van der Waals surface area contributed by atoms with Crippen molar-refractivity contribution < 1.29 is 14.3 Å². The Morgan fingerprint density at radius 1 is 1.04 bits per heavy atom. The van der Waals surface area contributed by atoms with Gasteiger partial charge in [0.2, 0.25) is 0 Å². The second kappa shape index (κ2) is 7.18. The summed E-state index contributed by atoms with van der Waals surface area (Å²) in [5.74, 6) is 1.09. The SMILES string of the molecule is COc1ccc(C(=O)N(C)C(C)c2ccc(C)cc2)c(OC)c1. The molecule has 23 heavy (non-hydrogen) atoms. The van der Waals surface area contributed by atoms with E-state index in [1.54, 1.807) is 44.4 Å². The van der Waals surface area contributed by atoms with E-state index < -0.39 is 0 Å². The van der Waals surface area contributed by atoms with E-state index >= 15 is 0 Å². The van der Waals surface area contributed by atoms with Crippen LogP contribution in [0, 0.1) is 6.92 Å². The Kier molecular flexibility index (Phi) is 5.27. The van der Waals surface area contributed by atoms with E-state index in [0.29, 0.717) is 17.1 Å². The van der Waals surface area contributed by atoms with Gasteiger partial charge in [0, 0.05) is 13.1 Å². The Bertz CT molecular complexity index is 680. The van der Waals surface area contributed by atoms with E-state index in [9.17, 15) is 4.79 Å². The largest absolute Gasteiger partial charge is 0.497 e. The van der Waals surface area contributed by atoms with Crippen LogP contribution in [0.2, 0.25) is 0 Å². The summed E-state index contributed by atoms with van der Waals surface area (Å²) in [5.41, 5.74) is 2.82. The second-order valence-corrected chi connectivity index (χ2v) is 5.57. The van der Waals surface area contributed by atoms with E-state index in [4.69, 9.17) is 9.47 Å². The highest BCUT2D eigenvalue weighted by atomic mass is 16.5. The quantitative estimate of drug-likeness (QED) is 0.841. The molecule has 122 valence electrons. The van der Waals surface area contributed by atoms with Gasteiger partial charge in [0.05, 0.1) is 25.8 Å². The maximum absolute atomic E-state index is 12.8. The molecule has 1 unspecified atom stereocenters. The molecule has 2 rings (SSSR count). The number of rotatable bonds is 5. The van der Waals surface area contributed by atoms with Gasteiger partial charge >= 0.3 is 0 Å². The number of methoxy groups -OCH3 is 2. The molecule has 1 atom stereocenters. The highest BCUT2D eigenvalue weighted by Crippen LogP contribution is 2.28. The summed E-state index contributed by atoms with van der Waals surface area (Å²) >= 11 is 0. The Labute approximate surface area is 137 Å². The molecule has 4 nitrogen and oxygen atoms in total. The number of benzene rings is 2. The maximum Gasteiger partial charge on any atom is 0.257 e. The summed E-state index contributed by atoms with van der Waals surface area (Å²) in [5, 5.41) is 0. The van der Waals surface area contributed by atoms with Crippen LogP contribution in [-0.4, -0.2) is 32.1 Å². The van der Waals surface area contributed by atoms with Gasteiger partial charge in [0.15, 0.2) is 0 Å². The lowest BCUT2D eigenvalue weighted by Crippen LogP contribution is -2.30. The average molecular weight is 313 g/mol. The molecule has 0 radical (unpaired) electrons. The molecule has 0 aliphatic carbocycles. The lowest BCUT2D eigenvalue weighted by molar-refractivity contribution is 0.0739. The molecular formula is C19H23NO3. The van der Waals surface area contributed by atoms with Crippen LogP contribution in [0.15, 0.2) is 42.5 Å². The van der Waals surface area contributed by atoms with Gasteiger partial charge in [0.1, 0.15) is 11.5 Å². The molecule has 4 heteroatoms. The molecule has 1 amide bonds. The zero-order valence-electron chi connectivity index (χ0n) is 14.3. The zero-order chi connectivity index (χ0) is 17.0. The van der Waals surface area contributed by atoms with Gasteiger partial charge < -0.3 is 14.4 Å². The average Bonchev–Trinajstić information content (AvgIpc) is 2.59. The van der Waals surface area contributed by atoms with E-state index in [-0.39, 0.29) is 11.9 Å². The first-order chi connectivity index (χ1) is 11.0. The molecule has 2 aromatic rings. The molecule has 0 aromatic heterocycles. The summed E-state index contributed by atoms with van der Waals surface area (Å²) in [6.07, 6.45) is 0. The third-order valence-corrected chi connectivity index (χ3v) is 4.10. The molecule has 0 spiro atoms. The van der Waals surface area contributed by atoms with Crippen LogP contribution in [0.4, 0.5) is 0 Å². The van der Waals surface area contributed by atoms with Gasteiger partial charge in [-0.1, -0.05) is 29.8 Å². The number of amides is 1. The first-order valence-electron chi connectivity index (χ1n) is 7.53. The van der Waals surface area contributed by atoms with Crippen molar-refractivity contribution in [3.05, 3.63) is 59.2 Å². The highest BCUT2D eigenvalue weighted by molar-refractivity contribution is 5.97. The van der Waals surface area contributed by atoms with Gasteiger partial charge in [-0.15, -0.1) is 0 Å². The van der Waals surface area contributed by atoms with Crippen molar-refractivity contribution in [1.82, 2.24) is 4.90 Å². The fourth-order valence-electron chi connectivity index (χ4n) is 2.41. The van der Waals surface area contributed by atoms with Crippen LogP contribution in [0.25, 0.3) is 0 Å². The zero-order valence-corrected chi connectivity index (χ0v) is 14.3. The number of hydrogen-bond donors (Lipinski definition) is 0. The molecule has 0 aliphatic heterocycles. The van der Waals surface area contributed by atoms with Gasteiger partial charge in [-0.25, -0.2) is 0 Å². The first kappa shape index (κ1) is 16.9. The fraction of sp³-hybridized carbons (Fsp3) is 0.316. The van der Waals surface area contributed by atoms with Crippen LogP contribution in [-0.2, 0) is 0 Å². The van der Waals surface area contributed by atoms with E-state index in [0.717, 1.165) is 5.56 Å². The fourth-order valence-corrected chi connectivity index (χ4v) is 2.41. The molecule has 0 N–H and O–H groups in total. The Morgan fingerprint density at radius 3 is 2.26 bits per heavy atom. The summed E-state index contributed by atoms with van der Waals surface area (Å²) in [6.45, 7) is 4.06. The molecular weight excluding hydrogens is 290 g/mol.